The molecule has 3 aromatic rings. The van der Waals surface area contributed by atoms with E-state index in [1.807, 2.05) is 61.7 Å². The third-order valence-electron chi connectivity index (χ3n) is 3.55. The molecule has 0 amide bonds. The number of thiazole rings is 1. The Morgan fingerprint density at radius 1 is 1.22 bits per heavy atom. The van der Waals surface area contributed by atoms with Crippen molar-refractivity contribution in [3.05, 3.63) is 57.9 Å². The molecule has 0 bridgehead atoms. The Morgan fingerprint density at radius 2 is 2.00 bits per heavy atom. The molecule has 0 unspecified atom stereocenters. The molecule has 1 N–H and O–H groups in total. The smallest absolute Gasteiger partial charge is 0.203 e. The summed E-state index contributed by atoms with van der Waals surface area (Å²) in [5.41, 5.74) is 5.87. The number of benzene rings is 2. The van der Waals surface area contributed by atoms with Crippen molar-refractivity contribution >= 4 is 38.6 Å². The lowest BCUT2D eigenvalue weighted by molar-refractivity contribution is 0.228. The van der Waals surface area contributed by atoms with E-state index in [1.54, 1.807) is 13.3 Å². The summed E-state index contributed by atoms with van der Waals surface area (Å²) in [4.78, 5) is 4.55. The first kappa shape index (κ1) is 19.4. The van der Waals surface area contributed by atoms with E-state index in [0.717, 1.165) is 26.4 Å². The van der Waals surface area contributed by atoms with Crippen LogP contribution < -0.4 is 14.9 Å². The SMILES string of the molecule is COc1cc(C=NNc2nc(-c3ccccc3)cs2)cc(Br)c1OC(C)C. The van der Waals surface area contributed by atoms with Gasteiger partial charge in [-0.25, -0.2) is 4.98 Å². The van der Waals surface area contributed by atoms with E-state index in [1.165, 1.54) is 11.3 Å². The van der Waals surface area contributed by atoms with Crippen molar-refractivity contribution < 1.29 is 9.47 Å². The summed E-state index contributed by atoms with van der Waals surface area (Å²) in [6.45, 7) is 3.95. The van der Waals surface area contributed by atoms with Crippen molar-refractivity contribution in [3.63, 3.8) is 0 Å². The molecular weight excluding hydrogens is 426 g/mol. The van der Waals surface area contributed by atoms with Crippen LogP contribution in [0.25, 0.3) is 11.3 Å². The van der Waals surface area contributed by atoms with Crippen molar-refractivity contribution in [2.45, 2.75) is 20.0 Å². The van der Waals surface area contributed by atoms with Crippen LogP contribution in [-0.2, 0) is 0 Å². The van der Waals surface area contributed by atoms with Crippen LogP contribution in [-0.4, -0.2) is 24.4 Å². The molecule has 7 heteroatoms. The molecular formula is C20H20BrN3O2S. The summed E-state index contributed by atoms with van der Waals surface area (Å²) in [5.74, 6) is 1.34. The quantitative estimate of drug-likeness (QED) is 0.367. The van der Waals surface area contributed by atoms with Crippen molar-refractivity contribution in [2.75, 3.05) is 12.5 Å². The number of aromatic nitrogens is 1. The molecule has 27 heavy (non-hydrogen) atoms. The van der Waals surface area contributed by atoms with Crippen LogP contribution in [0.4, 0.5) is 5.13 Å². The van der Waals surface area contributed by atoms with Crippen molar-refractivity contribution in [1.29, 1.82) is 0 Å². The molecule has 0 aliphatic carbocycles. The average molecular weight is 446 g/mol. The molecule has 0 aliphatic rings. The maximum Gasteiger partial charge on any atom is 0.203 e. The summed E-state index contributed by atoms with van der Waals surface area (Å²) < 4.78 is 12.1. The number of hydrogen-bond donors (Lipinski definition) is 1. The number of hydrazone groups is 1. The van der Waals surface area contributed by atoms with E-state index in [4.69, 9.17) is 9.47 Å². The zero-order valence-corrected chi connectivity index (χ0v) is 17.7. The molecule has 2 aromatic carbocycles. The first-order chi connectivity index (χ1) is 13.1. The molecule has 0 saturated carbocycles. The number of methoxy groups -OCH3 is 1. The minimum Gasteiger partial charge on any atom is -0.493 e. The average Bonchev–Trinajstić information content (AvgIpc) is 3.13. The zero-order chi connectivity index (χ0) is 19.2. The van der Waals surface area contributed by atoms with Crippen LogP contribution in [0.2, 0.25) is 0 Å². The molecule has 0 spiro atoms. The van der Waals surface area contributed by atoms with Gasteiger partial charge in [0.05, 0.1) is 29.6 Å². The molecule has 1 heterocycles. The normalized spacial score (nSPS) is 11.1. The molecule has 1 aromatic heterocycles. The van der Waals surface area contributed by atoms with Gasteiger partial charge in [-0.3, -0.25) is 5.43 Å². The van der Waals surface area contributed by atoms with Crippen LogP contribution in [0.3, 0.4) is 0 Å². The van der Waals surface area contributed by atoms with Gasteiger partial charge in [-0.15, -0.1) is 11.3 Å². The Balaban J connectivity index is 1.71. The van der Waals surface area contributed by atoms with Gasteiger partial charge in [0.15, 0.2) is 11.5 Å². The van der Waals surface area contributed by atoms with Crippen molar-refractivity contribution in [1.82, 2.24) is 4.98 Å². The molecule has 0 atom stereocenters. The monoisotopic (exact) mass is 445 g/mol. The van der Waals surface area contributed by atoms with Gasteiger partial charge in [0.1, 0.15) is 0 Å². The van der Waals surface area contributed by atoms with Gasteiger partial charge in [0, 0.05) is 10.9 Å². The largest absolute Gasteiger partial charge is 0.493 e. The Kier molecular flexibility index (Phi) is 6.47. The van der Waals surface area contributed by atoms with E-state index >= 15 is 0 Å². The third kappa shape index (κ3) is 5.08. The van der Waals surface area contributed by atoms with Crippen LogP contribution in [0.15, 0.2) is 57.4 Å². The predicted octanol–water partition coefficient (Wildman–Crippen LogP) is 5.81. The van der Waals surface area contributed by atoms with E-state index in [-0.39, 0.29) is 6.10 Å². The molecule has 3 rings (SSSR count). The second-order valence-electron chi connectivity index (χ2n) is 5.97. The second kappa shape index (κ2) is 9.01. The first-order valence-electron chi connectivity index (χ1n) is 8.41. The lowest BCUT2D eigenvalue weighted by atomic mass is 10.2. The van der Waals surface area contributed by atoms with Gasteiger partial charge in [-0.2, -0.15) is 5.10 Å². The fraction of sp³-hybridized carbons (Fsp3) is 0.200. The Bertz CT molecular complexity index is 926. The third-order valence-corrected chi connectivity index (χ3v) is 4.89. The number of anilines is 1. The van der Waals surface area contributed by atoms with E-state index in [2.05, 4.69) is 31.4 Å². The summed E-state index contributed by atoms with van der Waals surface area (Å²) in [6, 6.07) is 13.9. The summed E-state index contributed by atoms with van der Waals surface area (Å²) in [5, 5.41) is 7.02. The Labute approximate surface area is 171 Å². The van der Waals surface area contributed by atoms with Gasteiger partial charge in [0.25, 0.3) is 0 Å². The highest BCUT2D eigenvalue weighted by Gasteiger charge is 2.12. The number of nitrogens with zero attached hydrogens (tertiary/aromatic N) is 2. The molecule has 140 valence electrons. The fourth-order valence-corrected chi connectivity index (χ4v) is 3.61. The highest BCUT2D eigenvalue weighted by Crippen LogP contribution is 2.37. The predicted molar refractivity (Wildman–Crippen MR) is 115 cm³/mol. The van der Waals surface area contributed by atoms with Gasteiger partial charge >= 0.3 is 0 Å². The molecule has 0 saturated heterocycles. The molecule has 5 nitrogen and oxygen atoms in total. The van der Waals surface area contributed by atoms with Gasteiger partial charge < -0.3 is 9.47 Å². The van der Waals surface area contributed by atoms with Crippen LogP contribution in [0.5, 0.6) is 11.5 Å². The lowest BCUT2D eigenvalue weighted by Gasteiger charge is -2.15. The fourth-order valence-electron chi connectivity index (χ4n) is 2.39. The van der Waals surface area contributed by atoms with E-state index in [0.29, 0.717) is 11.5 Å². The van der Waals surface area contributed by atoms with Crippen LogP contribution >= 0.6 is 27.3 Å². The topological polar surface area (TPSA) is 55.7 Å². The second-order valence-corrected chi connectivity index (χ2v) is 7.69. The van der Waals surface area contributed by atoms with Crippen LogP contribution in [0, 0.1) is 0 Å². The highest BCUT2D eigenvalue weighted by atomic mass is 79.9. The standard InChI is InChI=1S/C20H20BrN3O2S/c1-13(2)26-19-16(21)9-14(10-18(19)25-3)11-22-24-20-23-17(12-27-20)15-7-5-4-6-8-15/h4-13H,1-3H3,(H,23,24). The minimum atomic E-state index is 0.0556. The number of rotatable bonds is 7. The first-order valence-corrected chi connectivity index (χ1v) is 10.1. The maximum atomic E-state index is 5.80. The number of nitrogens with one attached hydrogen (secondary N) is 1. The van der Waals surface area contributed by atoms with Gasteiger partial charge in [-0.1, -0.05) is 30.3 Å². The maximum absolute atomic E-state index is 5.80. The summed E-state index contributed by atoms with van der Waals surface area (Å²) in [6.07, 6.45) is 1.77. The Hall–Kier alpha value is -2.38. The zero-order valence-electron chi connectivity index (χ0n) is 15.3. The van der Waals surface area contributed by atoms with Crippen molar-refractivity contribution in [3.8, 4) is 22.8 Å². The van der Waals surface area contributed by atoms with Crippen molar-refractivity contribution in [2.24, 2.45) is 5.10 Å². The minimum absolute atomic E-state index is 0.0556. The Morgan fingerprint density at radius 3 is 2.70 bits per heavy atom. The van der Waals surface area contributed by atoms with Gasteiger partial charge in [0.2, 0.25) is 5.13 Å². The molecule has 0 fully saturated rings. The summed E-state index contributed by atoms with van der Waals surface area (Å²) >= 11 is 5.05. The highest BCUT2D eigenvalue weighted by molar-refractivity contribution is 9.10. The molecule has 0 radical (unpaired) electrons. The lowest BCUT2D eigenvalue weighted by Crippen LogP contribution is -2.07. The summed E-state index contributed by atoms with van der Waals surface area (Å²) in [7, 11) is 1.62. The number of ether oxygens (including phenoxy) is 2. The van der Waals surface area contributed by atoms with Gasteiger partial charge in [-0.05, 0) is 47.5 Å². The number of hydrogen-bond acceptors (Lipinski definition) is 6. The van der Waals surface area contributed by atoms with E-state index in [9.17, 15) is 0 Å². The number of halogens is 1. The molecule has 0 aliphatic heterocycles. The van der Waals surface area contributed by atoms with E-state index < -0.39 is 0 Å². The van der Waals surface area contributed by atoms with Crippen LogP contribution in [0.1, 0.15) is 19.4 Å².